The summed E-state index contributed by atoms with van der Waals surface area (Å²) in [7, 11) is 0. The number of nitrogen functional groups attached to an aromatic ring is 1. The standard InChI is InChI=1S/C17H15FN4O2/c1-2-7-24-17(23)22-13-9-15-14(8-12(13)19)20-16(21-15)10-3-5-11(18)6-4-10/h2-6,8-9H,1,7,19H2,(H,20,21)(H,22,23). The van der Waals surface area contributed by atoms with Gasteiger partial charge in [-0.2, -0.15) is 0 Å². The van der Waals surface area contributed by atoms with E-state index < -0.39 is 6.09 Å². The van der Waals surface area contributed by atoms with Gasteiger partial charge >= 0.3 is 6.09 Å². The zero-order valence-corrected chi connectivity index (χ0v) is 12.7. The van der Waals surface area contributed by atoms with E-state index in [4.69, 9.17) is 10.5 Å². The molecule has 6 nitrogen and oxygen atoms in total. The smallest absolute Gasteiger partial charge is 0.412 e. The Bertz CT molecular complexity index is 903. The van der Waals surface area contributed by atoms with Gasteiger partial charge in [0, 0.05) is 5.56 Å². The summed E-state index contributed by atoms with van der Waals surface area (Å²) >= 11 is 0. The van der Waals surface area contributed by atoms with Crippen LogP contribution in [0.25, 0.3) is 22.4 Å². The van der Waals surface area contributed by atoms with Gasteiger partial charge in [-0.25, -0.2) is 14.2 Å². The van der Waals surface area contributed by atoms with Gasteiger partial charge in [-0.05, 0) is 36.4 Å². The van der Waals surface area contributed by atoms with Crippen LogP contribution in [0, 0.1) is 5.82 Å². The van der Waals surface area contributed by atoms with Crippen molar-refractivity contribution in [1.29, 1.82) is 0 Å². The highest BCUT2D eigenvalue weighted by Gasteiger charge is 2.11. The second-order valence-electron chi connectivity index (χ2n) is 5.06. The van der Waals surface area contributed by atoms with Crippen molar-refractivity contribution in [3.63, 3.8) is 0 Å². The Labute approximate surface area is 137 Å². The number of halogens is 1. The average Bonchev–Trinajstić information content (AvgIpc) is 2.96. The van der Waals surface area contributed by atoms with Crippen molar-refractivity contribution in [2.24, 2.45) is 0 Å². The lowest BCUT2D eigenvalue weighted by Gasteiger charge is -2.07. The summed E-state index contributed by atoms with van der Waals surface area (Å²) in [5, 5.41) is 2.56. The minimum Gasteiger partial charge on any atom is -0.445 e. The maximum Gasteiger partial charge on any atom is 0.412 e. The van der Waals surface area contributed by atoms with E-state index in [9.17, 15) is 9.18 Å². The van der Waals surface area contributed by atoms with Crippen LogP contribution in [0.3, 0.4) is 0 Å². The molecule has 24 heavy (non-hydrogen) atoms. The number of nitrogens with one attached hydrogen (secondary N) is 2. The summed E-state index contributed by atoms with van der Waals surface area (Å²) in [6.07, 6.45) is 0.838. The maximum atomic E-state index is 13.0. The quantitative estimate of drug-likeness (QED) is 0.503. The van der Waals surface area contributed by atoms with Crippen molar-refractivity contribution in [2.45, 2.75) is 0 Å². The van der Waals surface area contributed by atoms with Gasteiger partial charge < -0.3 is 15.5 Å². The van der Waals surface area contributed by atoms with Crippen LogP contribution in [0.4, 0.5) is 20.6 Å². The predicted octanol–water partition coefficient (Wildman–Crippen LogP) is 3.69. The van der Waals surface area contributed by atoms with E-state index in [1.54, 1.807) is 24.3 Å². The van der Waals surface area contributed by atoms with Gasteiger partial charge in [-0.1, -0.05) is 12.7 Å². The number of aromatic amines is 1. The molecular weight excluding hydrogens is 311 g/mol. The van der Waals surface area contributed by atoms with E-state index in [2.05, 4.69) is 21.9 Å². The van der Waals surface area contributed by atoms with E-state index in [1.165, 1.54) is 18.2 Å². The van der Waals surface area contributed by atoms with Gasteiger partial charge in [0.15, 0.2) is 0 Å². The highest BCUT2D eigenvalue weighted by atomic mass is 19.1. The number of nitrogens with zero attached hydrogens (tertiary/aromatic N) is 1. The Morgan fingerprint density at radius 3 is 2.83 bits per heavy atom. The Hall–Kier alpha value is -3.35. The number of anilines is 2. The van der Waals surface area contributed by atoms with Crippen molar-refractivity contribution in [3.05, 3.63) is 54.9 Å². The molecule has 0 saturated carbocycles. The molecule has 3 rings (SSSR count). The molecule has 1 amide bonds. The lowest BCUT2D eigenvalue weighted by Crippen LogP contribution is -2.14. The Morgan fingerprint density at radius 2 is 2.12 bits per heavy atom. The number of carbonyl (C=O) groups is 1. The lowest BCUT2D eigenvalue weighted by atomic mass is 10.2. The number of hydrogen-bond acceptors (Lipinski definition) is 4. The molecule has 7 heteroatoms. The van der Waals surface area contributed by atoms with Crippen LogP contribution in [0.2, 0.25) is 0 Å². The van der Waals surface area contributed by atoms with Crippen molar-refractivity contribution in [2.75, 3.05) is 17.7 Å². The first-order valence-corrected chi connectivity index (χ1v) is 7.16. The third-order valence-corrected chi connectivity index (χ3v) is 3.34. The van der Waals surface area contributed by atoms with E-state index in [0.717, 1.165) is 5.56 Å². The number of nitrogens with two attached hydrogens (primary N) is 1. The highest BCUT2D eigenvalue weighted by Crippen LogP contribution is 2.27. The zero-order chi connectivity index (χ0) is 17.1. The number of aromatic nitrogens is 2. The Balaban J connectivity index is 1.91. The summed E-state index contributed by atoms with van der Waals surface area (Å²) in [5.41, 5.74) is 8.77. The van der Waals surface area contributed by atoms with Gasteiger partial charge in [0.05, 0.1) is 22.4 Å². The van der Waals surface area contributed by atoms with Gasteiger partial charge in [0.1, 0.15) is 18.2 Å². The molecular formula is C17H15FN4O2. The molecule has 4 N–H and O–H groups in total. The number of imidazole rings is 1. The number of H-pyrrole nitrogens is 1. The number of hydrogen-bond donors (Lipinski definition) is 3. The molecule has 0 fully saturated rings. The second kappa shape index (κ2) is 6.41. The lowest BCUT2D eigenvalue weighted by molar-refractivity contribution is 0.174. The molecule has 0 atom stereocenters. The van der Waals surface area contributed by atoms with Crippen LogP contribution in [0.15, 0.2) is 49.1 Å². The molecule has 0 bridgehead atoms. The van der Waals surface area contributed by atoms with E-state index in [-0.39, 0.29) is 12.4 Å². The highest BCUT2D eigenvalue weighted by molar-refractivity contribution is 5.95. The molecule has 1 aromatic heterocycles. The van der Waals surface area contributed by atoms with Crippen molar-refractivity contribution < 1.29 is 13.9 Å². The fraction of sp³-hybridized carbons (Fsp3) is 0.0588. The van der Waals surface area contributed by atoms with Crippen molar-refractivity contribution in [3.8, 4) is 11.4 Å². The van der Waals surface area contributed by atoms with E-state index >= 15 is 0 Å². The molecule has 0 radical (unpaired) electrons. The molecule has 2 aromatic carbocycles. The average molecular weight is 326 g/mol. The van der Waals surface area contributed by atoms with E-state index in [1.807, 2.05) is 0 Å². The van der Waals surface area contributed by atoms with Gasteiger partial charge in [-0.15, -0.1) is 0 Å². The molecule has 0 unspecified atom stereocenters. The van der Waals surface area contributed by atoms with E-state index in [0.29, 0.717) is 28.2 Å². The zero-order valence-electron chi connectivity index (χ0n) is 12.7. The first-order valence-electron chi connectivity index (χ1n) is 7.16. The van der Waals surface area contributed by atoms with Crippen LogP contribution in [0.1, 0.15) is 0 Å². The number of amides is 1. The van der Waals surface area contributed by atoms with Crippen LogP contribution in [-0.4, -0.2) is 22.7 Å². The van der Waals surface area contributed by atoms with Crippen LogP contribution in [0.5, 0.6) is 0 Å². The third-order valence-electron chi connectivity index (χ3n) is 3.34. The number of rotatable bonds is 4. The minimum atomic E-state index is -0.629. The summed E-state index contributed by atoms with van der Waals surface area (Å²) in [5.74, 6) is 0.263. The first-order chi connectivity index (χ1) is 11.6. The molecule has 1 heterocycles. The molecule has 0 aliphatic carbocycles. The fourth-order valence-electron chi connectivity index (χ4n) is 2.21. The molecule has 122 valence electrons. The topological polar surface area (TPSA) is 93.0 Å². The summed E-state index contributed by atoms with van der Waals surface area (Å²) in [6, 6.07) is 9.28. The van der Waals surface area contributed by atoms with Crippen LogP contribution < -0.4 is 11.1 Å². The molecule has 0 spiro atoms. The van der Waals surface area contributed by atoms with Crippen molar-refractivity contribution >= 4 is 28.5 Å². The monoisotopic (exact) mass is 326 g/mol. The normalized spacial score (nSPS) is 10.5. The third kappa shape index (κ3) is 3.19. The number of carbonyl (C=O) groups excluding carboxylic acids is 1. The van der Waals surface area contributed by atoms with Crippen molar-refractivity contribution in [1.82, 2.24) is 9.97 Å². The molecule has 0 saturated heterocycles. The summed E-state index contributed by atoms with van der Waals surface area (Å²) < 4.78 is 17.9. The van der Waals surface area contributed by atoms with Gasteiger partial charge in [-0.3, -0.25) is 5.32 Å². The number of fused-ring (bicyclic) bond motifs is 1. The number of ether oxygens (including phenoxy) is 1. The molecule has 0 aliphatic rings. The Morgan fingerprint density at radius 1 is 1.38 bits per heavy atom. The molecule has 0 aliphatic heterocycles. The Kier molecular flexibility index (Phi) is 4.15. The largest absolute Gasteiger partial charge is 0.445 e. The summed E-state index contributed by atoms with van der Waals surface area (Å²) in [4.78, 5) is 19.2. The van der Waals surface area contributed by atoms with Gasteiger partial charge in [0.2, 0.25) is 0 Å². The minimum absolute atomic E-state index is 0.102. The fourth-order valence-corrected chi connectivity index (χ4v) is 2.21. The van der Waals surface area contributed by atoms with Crippen LogP contribution in [-0.2, 0) is 4.74 Å². The second-order valence-corrected chi connectivity index (χ2v) is 5.06. The summed E-state index contributed by atoms with van der Waals surface area (Å²) in [6.45, 7) is 3.57. The first kappa shape index (κ1) is 15.5. The SMILES string of the molecule is C=CCOC(=O)Nc1cc2nc(-c3ccc(F)cc3)[nH]c2cc1N. The maximum absolute atomic E-state index is 13.0. The molecule has 3 aromatic rings. The van der Waals surface area contributed by atoms with Crippen LogP contribution >= 0.6 is 0 Å². The number of benzene rings is 2. The van der Waals surface area contributed by atoms with Gasteiger partial charge in [0.25, 0.3) is 0 Å². The predicted molar refractivity (Wildman–Crippen MR) is 91.1 cm³/mol.